The van der Waals surface area contributed by atoms with Gasteiger partial charge in [0, 0.05) is 18.0 Å². The summed E-state index contributed by atoms with van der Waals surface area (Å²) >= 11 is 3.44. The van der Waals surface area contributed by atoms with Crippen LogP contribution in [0.25, 0.3) is 0 Å². The lowest BCUT2D eigenvalue weighted by molar-refractivity contribution is 0.0795. The van der Waals surface area contributed by atoms with Gasteiger partial charge in [0.2, 0.25) is 0 Å². The topological polar surface area (TPSA) is 60.9 Å². The molecule has 1 aromatic heterocycles. The molecule has 1 heterocycles. The van der Waals surface area contributed by atoms with Crippen LogP contribution in [-0.2, 0) is 0 Å². The molecule has 1 saturated carbocycles. The van der Waals surface area contributed by atoms with Crippen LogP contribution in [0.4, 0.5) is 0 Å². The summed E-state index contributed by atoms with van der Waals surface area (Å²) in [5.41, 5.74) is 6.20. The number of halogens is 1. The van der Waals surface area contributed by atoms with Crippen LogP contribution >= 0.6 is 15.9 Å². The third-order valence-electron chi connectivity index (χ3n) is 3.89. The van der Waals surface area contributed by atoms with Gasteiger partial charge in [0.05, 0.1) is 10.7 Å². The molecule has 0 spiro atoms. The number of ketones is 1. The van der Waals surface area contributed by atoms with E-state index >= 15 is 0 Å². The maximum Gasteiger partial charge on any atom is 0.189 e. The van der Waals surface area contributed by atoms with E-state index in [2.05, 4.69) is 21.0 Å². The number of carbonyl (C=O) groups excluding carboxylic acids is 1. The van der Waals surface area contributed by atoms with E-state index in [1.807, 2.05) is 13.8 Å². The lowest BCUT2D eigenvalue weighted by Gasteiger charge is -2.26. The Hall–Kier alpha value is -0.680. The lowest BCUT2D eigenvalue weighted by Crippen LogP contribution is -2.37. The van der Waals surface area contributed by atoms with Gasteiger partial charge in [0.1, 0.15) is 5.69 Å². The van der Waals surface area contributed by atoms with E-state index in [4.69, 9.17) is 5.73 Å². The molecule has 1 fully saturated rings. The number of nitrogens with two attached hydrogens (primary N) is 1. The van der Waals surface area contributed by atoms with E-state index in [-0.39, 0.29) is 17.2 Å². The minimum atomic E-state index is -0.366. The Labute approximate surface area is 116 Å². The van der Waals surface area contributed by atoms with Crippen molar-refractivity contribution in [1.29, 1.82) is 0 Å². The van der Waals surface area contributed by atoms with E-state index in [0.717, 1.165) is 30.2 Å². The Morgan fingerprint density at radius 1 is 1.56 bits per heavy atom. The molecule has 0 saturated heterocycles. The van der Waals surface area contributed by atoms with Gasteiger partial charge in [-0.25, -0.2) is 0 Å². The summed E-state index contributed by atoms with van der Waals surface area (Å²) < 4.78 is 2.57. The third-order valence-corrected chi connectivity index (χ3v) is 4.47. The molecule has 0 aromatic carbocycles. The van der Waals surface area contributed by atoms with Crippen molar-refractivity contribution in [3.05, 3.63) is 16.4 Å². The first kappa shape index (κ1) is 13.7. The predicted molar refractivity (Wildman–Crippen MR) is 74.6 cm³/mol. The molecule has 0 aliphatic heterocycles. The van der Waals surface area contributed by atoms with Gasteiger partial charge in [-0.3, -0.25) is 9.48 Å². The highest BCUT2D eigenvalue weighted by Gasteiger charge is 2.42. The molecule has 0 unspecified atom stereocenters. The van der Waals surface area contributed by atoms with E-state index < -0.39 is 0 Å². The lowest BCUT2D eigenvalue weighted by atomic mass is 9.80. The van der Waals surface area contributed by atoms with E-state index in [0.29, 0.717) is 12.2 Å². The summed E-state index contributed by atoms with van der Waals surface area (Å²) in [7, 11) is 0. The van der Waals surface area contributed by atoms with Crippen molar-refractivity contribution < 1.29 is 4.79 Å². The molecule has 5 heteroatoms. The van der Waals surface area contributed by atoms with Crippen molar-refractivity contribution in [3.8, 4) is 0 Å². The summed E-state index contributed by atoms with van der Waals surface area (Å²) in [5, 5.41) is 4.28. The van der Waals surface area contributed by atoms with E-state index in [1.165, 1.54) is 0 Å². The highest BCUT2D eigenvalue weighted by atomic mass is 79.9. The Bertz CT molecular complexity index is 447. The molecule has 18 heavy (non-hydrogen) atoms. The Balaban J connectivity index is 2.42. The van der Waals surface area contributed by atoms with Gasteiger partial charge < -0.3 is 5.73 Å². The fraction of sp³-hybridized carbons (Fsp3) is 0.692. The fourth-order valence-corrected chi connectivity index (χ4v) is 3.23. The average molecular weight is 314 g/mol. The summed E-state index contributed by atoms with van der Waals surface area (Å²) in [4.78, 5) is 12.8. The second kappa shape index (κ2) is 5.13. The van der Waals surface area contributed by atoms with Gasteiger partial charge >= 0.3 is 0 Å². The molecule has 1 aliphatic carbocycles. The van der Waals surface area contributed by atoms with Crippen LogP contribution in [0.2, 0.25) is 0 Å². The second-order valence-corrected chi connectivity index (χ2v) is 6.25. The maximum atomic E-state index is 12.8. The largest absolute Gasteiger partial charge is 0.329 e. The SMILES string of the molecule is CC(C)n1ncc(Br)c1C(=O)C1(CN)CCCC1. The van der Waals surface area contributed by atoms with E-state index in [9.17, 15) is 4.79 Å². The smallest absolute Gasteiger partial charge is 0.189 e. The minimum Gasteiger partial charge on any atom is -0.329 e. The zero-order chi connectivity index (χ0) is 13.3. The van der Waals surface area contributed by atoms with Gasteiger partial charge in [-0.05, 0) is 42.6 Å². The zero-order valence-electron chi connectivity index (χ0n) is 10.9. The highest BCUT2D eigenvalue weighted by molar-refractivity contribution is 9.10. The molecule has 0 radical (unpaired) electrons. The molecule has 0 atom stereocenters. The summed E-state index contributed by atoms with van der Waals surface area (Å²) in [6.45, 7) is 4.49. The Kier molecular flexibility index (Phi) is 3.92. The summed E-state index contributed by atoms with van der Waals surface area (Å²) in [5.74, 6) is 0.153. The summed E-state index contributed by atoms with van der Waals surface area (Å²) in [6.07, 6.45) is 5.69. The van der Waals surface area contributed by atoms with Crippen LogP contribution in [0.3, 0.4) is 0 Å². The molecule has 1 aromatic rings. The summed E-state index contributed by atoms with van der Waals surface area (Å²) in [6, 6.07) is 0.173. The van der Waals surface area contributed by atoms with Crippen molar-refractivity contribution in [2.45, 2.75) is 45.6 Å². The van der Waals surface area contributed by atoms with Gasteiger partial charge in [-0.15, -0.1) is 0 Å². The molecule has 1 aliphatic rings. The van der Waals surface area contributed by atoms with Gasteiger partial charge in [0.25, 0.3) is 0 Å². The number of nitrogens with zero attached hydrogens (tertiary/aromatic N) is 2. The number of aromatic nitrogens is 2. The molecule has 100 valence electrons. The van der Waals surface area contributed by atoms with Crippen molar-refractivity contribution >= 4 is 21.7 Å². The van der Waals surface area contributed by atoms with Crippen LogP contribution in [0.1, 0.15) is 56.1 Å². The van der Waals surface area contributed by atoms with E-state index in [1.54, 1.807) is 10.9 Å². The molecular formula is C13H20BrN3O. The average Bonchev–Trinajstić information content (AvgIpc) is 2.95. The first-order valence-corrected chi connectivity index (χ1v) is 7.29. The zero-order valence-corrected chi connectivity index (χ0v) is 12.5. The van der Waals surface area contributed by atoms with Gasteiger partial charge in [-0.2, -0.15) is 5.10 Å². The van der Waals surface area contributed by atoms with Gasteiger partial charge in [-0.1, -0.05) is 12.8 Å². The molecule has 0 amide bonds. The van der Waals surface area contributed by atoms with Crippen LogP contribution in [0, 0.1) is 5.41 Å². The number of rotatable bonds is 4. The first-order valence-electron chi connectivity index (χ1n) is 6.50. The van der Waals surface area contributed by atoms with Crippen molar-refractivity contribution in [2.75, 3.05) is 6.54 Å². The number of hydrogen-bond donors (Lipinski definition) is 1. The molecule has 4 nitrogen and oxygen atoms in total. The fourth-order valence-electron chi connectivity index (χ4n) is 2.77. The number of hydrogen-bond acceptors (Lipinski definition) is 3. The van der Waals surface area contributed by atoms with Crippen LogP contribution < -0.4 is 5.73 Å². The van der Waals surface area contributed by atoms with Crippen molar-refractivity contribution in [2.24, 2.45) is 11.1 Å². The molecular weight excluding hydrogens is 294 g/mol. The molecule has 2 rings (SSSR count). The van der Waals surface area contributed by atoms with Crippen LogP contribution in [0.5, 0.6) is 0 Å². The number of carbonyl (C=O) groups is 1. The van der Waals surface area contributed by atoms with Gasteiger partial charge in [0.15, 0.2) is 5.78 Å². The Morgan fingerprint density at radius 3 is 2.67 bits per heavy atom. The second-order valence-electron chi connectivity index (χ2n) is 5.40. The van der Waals surface area contributed by atoms with Crippen LogP contribution in [0.15, 0.2) is 10.7 Å². The maximum absolute atomic E-state index is 12.8. The van der Waals surface area contributed by atoms with Crippen molar-refractivity contribution in [3.63, 3.8) is 0 Å². The minimum absolute atomic E-state index is 0.153. The third kappa shape index (κ3) is 2.14. The Morgan fingerprint density at radius 2 is 2.17 bits per heavy atom. The number of Topliss-reactive ketones (excluding diaryl/α,β-unsaturated/α-hetero) is 1. The standard InChI is InChI=1S/C13H20BrN3O/c1-9(2)17-11(10(14)7-16-17)12(18)13(8-15)5-3-4-6-13/h7,9H,3-6,8,15H2,1-2H3. The monoisotopic (exact) mass is 313 g/mol. The predicted octanol–water partition coefficient (Wildman–Crippen LogP) is 2.93. The van der Waals surface area contributed by atoms with Crippen molar-refractivity contribution in [1.82, 2.24) is 9.78 Å². The van der Waals surface area contributed by atoms with Crippen LogP contribution in [-0.4, -0.2) is 22.1 Å². The highest BCUT2D eigenvalue weighted by Crippen LogP contribution is 2.41. The first-order chi connectivity index (χ1) is 8.52. The quantitative estimate of drug-likeness (QED) is 0.869. The normalized spacial score (nSPS) is 18.5. The molecule has 0 bridgehead atoms. The molecule has 2 N–H and O–H groups in total.